The summed E-state index contributed by atoms with van der Waals surface area (Å²) < 4.78 is 44.0. The molecule has 10 nitrogen and oxygen atoms in total. The van der Waals surface area contributed by atoms with E-state index in [1.54, 1.807) is 31.2 Å². The van der Waals surface area contributed by atoms with E-state index >= 15 is 0 Å². The first-order valence-electron chi connectivity index (χ1n) is 13.0. The van der Waals surface area contributed by atoms with E-state index in [-0.39, 0.29) is 12.3 Å². The number of halogens is 3. The predicted molar refractivity (Wildman–Crippen MR) is 146 cm³/mol. The zero-order valence-electron chi connectivity index (χ0n) is 24.0. The Balaban J connectivity index is 0.000000587. The van der Waals surface area contributed by atoms with Gasteiger partial charge in [0.1, 0.15) is 23.4 Å². The first-order chi connectivity index (χ1) is 19.2. The van der Waals surface area contributed by atoms with Gasteiger partial charge < -0.3 is 14.4 Å². The molecule has 2 amide bonds. The van der Waals surface area contributed by atoms with Crippen molar-refractivity contribution in [2.75, 3.05) is 19.1 Å². The number of carbonyl (C=O) groups is 2. The van der Waals surface area contributed by atoms with Gasteiger partial charge in [-0.3, -0.25) is 14.8 Å². The monoisotopic (exact) mass is 576 g/mol. The number of rotatable bonds is 7. The number of anilines is 1. The summed E-state index contributed by atoms with van der Waals surface area (Å²) in [6, 6.07) is 9.22. The van der Waals surface area contributed by atoms with Crippen LogP contribution in [0.5, 0.6) is 0 Å². The minimum atomic E-state index is -3.95. The Kier molecular flexibility index (Phi) is 10.1. The largest absolute Gasteiger partial charge is 0.444 e. The molecule has 2 aromatic heterocycles. The second kappa shape index (κ2) is 13.1. The molecule has 0 saturated carbocycles. The molecular weight excluding hydrogens is 541 g/mol. The van der Waals surface area contributed by atoms with Gasteiger partial charge in [0, 0.05) is 32.7 Å². The van der Waals surface area contributed by atoms with E-state index in [1.807, 2.05) is 39.0 Å². The SMILES string of the molecule is CCCC(F)(F)F.COCc1cc(CN(C)C(=O)OC(C)(C)C)c2c(c1)C(=O)N(c1cccc(-c3ncn[nH]3)n1)C2. The number of pyridine rings is 1. The summed E-state index contributed by atoms with van der Waals surface area (Å²) in [5.74, 6) is 0.874. The summed E-state index contributed by atoms with van der Waals surface area (Å²) in [6.45, 7) is 7.97. The molecule has 0 saturated heterocycles. The normalized spacial score (nSPS) is 13.0. The fourth-order valence-electron chi connectivity index (χ4n) is 4.10. The molecule has 0 bridgehead atoms. The summed E-state index contributed by atoms with van der Waals surface area (Å²) in [7, 11) is 3.28. The van der Waals surface area contributed by atoms with Crippen LogP contribution in [0, 0.1) is 0 Å². The lowest BCUT2D eigenvalue weighted by Gasteiger charge is -2.25. The lowest BCUT2D eigenvalue weighted by molar-refractivity contribution is -0.134. The van der Waals surface area contributed by atoms with Crippen LogP contribution in [0.25, 0.3) is 11.5 Å². The van der Waals surface area contributed by atoms with Crippen molar-refractivity contribution in [3.8, 4) is 11.5 Å². The van der Waals surface area contributed by atoms with Crippen molar-refractivity contribution in [2.45, 2.75) is 72.0 Å². The van der Waals surface area contributed by atoms with Crippen LogP contribution in [0.3, 0.4) is 0 Å². The number of nitrogens with one attached hydrogen (secondary N) is 1. The molecule has 4 rings (SSSR count). The van der Waals surface area contributed by atoms with Crippen molar-refractivity contribution in [1.29, 1.82) is 0 Å². The van der Waals surface area contributed by atoms with Crippen molar-refractivity contribution < 1.29 is 32.2 Å². The minimum Gasteiger partial charge on any atom is -0.444 e. The van der Waals surface area contributed by atoms with Gasteiger partial charge >= 0.3 is 12.3 Å². The molecule has 3 aromatic rings. The Morgan fingerprint density at radius 3 is 2.49 bits per heavy atom. The summed E-state index contributed by atoms with van der Waals surface area (Å²) in [5, 5.41) is 6.65. The maximum absolute atomic E-state index is 13.4. The number of hydrogen-bond acceptors (Lipinski definition) is 7. The van der Waals surface area contributed by atoms with Crippen LogP contribution < -0.4 is 4.90 Å². The number of hydrogen-bond donors (Lipinski definition) is 1. The van der Waals surface area contributed by atoms with E-state index in [0.717, 1.165) is 16.7 Å². The number of methoxy groups -OCH3 is 1. The highest BCUT2D eigenvalue weighted by Crippen LogP contribution is 2.32. The van der Waals surface area contributed by atoms with E-state index in [9.17, 15) is 22.8 Å². The highest BCUT2D eigenvalue weighted by Gasteiger charge is 2.33. The third-order valence-electron chi connectivity index (χ3n) is 5.82. The second-order valence-electron chi connectivity index (χ2n) is 10.5. The van der Waals surface area contributed by atoms with Crippen LogP contribution in [0.15, 0.2) is 36.7 Å². The number of H-pyrrole nitrogens is 1. The van der Waals surface area contributed by atoms with Gasteiger partial charge in [-0.2, -0.15) is 18.3 Å². The molecule has 1 aliphatic heterocycles. The standard InChI is InChI=1S/C24H28N6O4.C4H7F3/c1-24(2,3)34-23(32)29(4)11-16-9-15(13-33-5)10-17-18(16)12-30(22(17)31)20-8-6-7-19(27-20)21-25-14-26-28-21;1-2-3-4(5,6)7/h6-10,14H,11-13H2,1-5H3,(H,25,26,28);2-3H2,1H3. The van der Waals surface area contributed by atoms with E-state index in [4.69, 9.17) is 9.47 Å². The fraction of sp³-hybridized carbons (Fsp3) is 0.464. The first-order valence-corrected chi connectivity index (χ1v) is 13.0. The number of fused-ring (bicyclic) bond motifs is 1. The summed E-state index contributed by atoms with van der Waals surface area (Å²) in [4.78, 5) is 37.8. The maximum Gasteiger partial charge on any atom is 0.410 e. The molecule has 0 unspecified atom stereocenters. The molecular formula is C28H35F3N6O4. The van der Waals surface area contributed by atoms with Crippen molar-refractivity contribution >= 4 is 17.8 Å². The van der Waals surface area contributed by atoms with Crippen LogP contribution in [0.1, 0.15) is 67.6 Å². The van der Waals surface area contributed by atoms with Gasteiger partial charge in [0.15, 0.2) is 5.82 Å². The Morgan fingerprint density at radius 1 is 1.20 bits per heavy atom. The van der Waals surface area contributed by atoms with Gasteiger partial charge in [-0.15, -0.1) is 0 Å². The smallest absolute Gasteiger partial charge is 0.410 e. The van der Waals surface area contributed by atoms with E-state index in [0.29, 0.717) is 42.6 Å². The number of aromatic amines is 1. The first kappa shape index (κ1) is 31.5. The number of nitrogens with zero attached hydrogens (tertiary/aromatic N) is 5. The van der Waals surface area contributed by atoms with Crippen LogP contribution in [-0.4, -0.2) is 63.0 Å². The third kappa shape index (κ3) is 8.74. The number of aromatic nitrogens is 4. The molecule has 0 fully saturated rings. The summed E-state index contributed by atoms with van der Waals surface area (Å²) in [6.07, 6.45) is -3.45. The Bertz CT molecular complexity index is 1340. The number of alkyl halides is 3. The van der Waals surface area contributed by atoms with Gasteiger partial charge in [-0.25, -0.2) is 14.8 Å². The van der Waals surface area contributed by atoms with E-state index in [2.05, 4.69) is 20.2 Å². The van der Waals surface area contributed by atoms with Crippen molar-refractivity contribution in [1.82, 2.24) is 25.1 Å². The molecule has 3 heterocycles. The average Bonchev–Trinajstić information content (AvgIpc) is 3.52. The lowest BCUT2D eigenvalue weighted by atomic mass is 9.99. The van der Waals surface area contributed by atoms with E-state index < -0.39 is 24.3 Å². The van der Waals surface area contributed by atoms with Crippen LogP contribution in [-0.2, 0) is 29.2 Å². The van der Waals surface area contributed by atoms with Gasteiger partial charge in [-0.1, -0.05) is 19.1 Å². The second-order valence-corrected chi connectivity index (χ2v) is 10.5. The van der Waals surface area contributed by atoms with Crippen molar-refractivity contribution in [3.63, 3.8) is 0 Å². The van der Waals surface area contributed by atoms with Gasteiger partial charge in [-0.05, 0) is 62.1 Å². The van der Waals surface area contributed by atoms with Crippen molar-refractivity contribution in [3.05, 3.63) is 58.9 Å². The Morgan fingerprint density at radius 2 is 1.93 bits per heavy atom. The van der Waals surface area contributed by atoms with Crippen LogP contribution >= 0.6 is 0 Å². The zero-order chi connectivity index (χ0) is 30.4. The lowest BCUT2D eigenvalue weighted by Crippen LogP contribution is -2.34. The Hall–Kier alpha value is -4.00. The minimum absolute atomic E-state index is 0.156. The van der Waals surface area contributed by atoms with E-state index in [1.165, 1.54) is 18.2 Å². The molecule has 222 valence electrons. The molecule has 0 spiro atoms. The third-order valence-corrected chi connectivity index (χ3v) is 5.82. The predicted octanol–water partition coefficient (Wildman–Crippen LogP) is 5.89. The average molecular weight is 577 g/mol. The number of carbonyl (C=O) groups excluding carboxylic acids is 2. The number of benzene rings is 1. The van der Waals surface area contributed by atoms with Crippen LogP contribution in [0.2, 0.25) is 0 Å². The maximum atomic E-state index is 13.4. The van der Waals surface area contributed by atoms with Crippen molar-refractivity contribution in [2.24, 2.45) is 0 Å². The highest BCUT2D eigenvalue weighted by molar-refractivity contribution is 6.10. The van der Waals surface area contributed by atoms with Crippen LogP contribution in [0.4, 0.5) is 23.8 Å². The number of ether oxygens (including phenoxy) is 2. The number of amides is 2. The molecule has 41 heavy (non-hydrogen) atoms. The molecule has 1 aromatic carbocycles. The van der Waals surface area contributed by atoms with Gasteiger partial charge in [0.2, 0.25) is 0 Å². The fourth-order valence-corrected chi connectivity index (χ4v) is 4.10. The summed E-state index contributed by atoms with van der Waals surface area (Å²) >= 11 is 0. The molecule has 1 N–H and O–H groups in total. The quantitative estimate of drug-likeness (QED) is 0.373. The molecule has 0 radical (unpaired) electrons. The van der Waals surface area contributed by atoms with Gasteiger partial charge in [0.25, 0.3) is 5.91 Å². The Labute approximate surface area is 236 Å². The molecule has 13 heteroatoms. The zero-order valence-corrected chi connectivity index (χ0v) is 24.0. The molecule has 1 aliphatic rings. The van der Waals surface area contributed by atoms with Gasteiger partial charge in [0.05, 0.1) is 13.2 Å². The molecule has 0 aliphatic carbocycles. The summed E-state index contributed by atoms with van der Waals surface area (Å²) in [5.41, 5.74) is 3.13. The molecule has 0 atom stereocenters. The topological polar surface area (TPSA) is 114 Å². The highest BCUT2D eigenvalue weighted by atomic mass is 19.4.